The number of benzene rings is 1. The molecule has 0 saturated carbocycles. The first-order valence-corrected chi connectivity index (χ1v) is 8.12. The fraction of sp³-hybridized carbons (Fsp3) is 0.412. The summed E-state index contributed by atoms with van der Waals surface area (Å²) in [6, 6.07) is 5.97. The van der Waals surface area contributed by atoms with E-state index in [9.17, 15) is 22.4 Å². The van der Waals surface area contributed by atoms with Crippen molar-refractivity contribution in [3.8, 4) is 0 Å². The van der Waals surface area contributed by atoms with Gasteiger partial charge in [0.05, 0.1) is 7.11 Å². The van der Waals surface area contributed by atoms with Crippen LogP contribution in [0.25, 0.3) is 0 Å². The third-order valence-electron chi connectivity index (χ3n) is 4.37. The zero-order chi connectivity index (χ0) is 19.7. The molecular formula is C17H18F4N4O2. The number of nitrogens with zero attached hydrogens (tertiary/aromatic N) is 1. The van der Waals surface area contributed by atoms with Crippen LogP contribution in [-0.2, 0) is 16.0 Å². The Balaban J connectivity index is 1.74. The van der Waals surface area contributed by atoms with Gasteiger partial charge in [0, 0.05) is 37.5 Å². The van der Waals surface area contributed by atoms with Gasteiger partial charge in [0.15, 0.2) is 5.88 Å². The molecule has 0 radical (unpaired) electrons. The summed E-state index contributed by atoms with van der Waals surface area (Å²) in [5.74, 6) is -1.65. The molecule has 1 aromatic carbocycles. The molecule has 3 rings (SSSR count). The second-order valence-corrected chi connectivity index (χ2v) is 6.43. The molecule has 2 heterocycles. The molecule has 0 bridgehead atoms. The van der Waals surface area contributed by atoms with Gasteiger partial charge in [0.1, 0.15) is 5.67 Å². The largest absolute Gasteiger partial charge is 0.482 e. The van der Waals surface area contributed by atoms with Crippen molar-refractivity contribution in [2.24, 2.45) is 4.99 Å². The van der Waals surface area contributed by atoms with Crippen molar-refractivity contribution < 1.29 is 27.1 Å². The lowest BCUT2D eigenvalue weighted by Gasteiger charge is -2.35. The lowest BCUT2D eigenvalue weighted by molar-refractivity contribution is -0.195. The molecule has 3 N–H and O–H groups in total. The van der Waals surface area contributed by atoms with Crippen LogP contribution < -0.4 is 16.0 Å². The highest BCUT2D eigenvalue weighted by atomic mass is 19.4. The van der Waals surface area contributed by atoms with E-state index in [-0.39, 0.29) is 31.1 Å². The van der Waals surface area contributed by atoms with E-state index in [1.807, 2.05) is 5.32 Å². The Morgan fingerprint density at radius 3 is 2.48 bits per heavy atom. The monoisotopic (exact) mass is 386 g/mol. The summed E-state index contributed by atoms with van der Waals surface area (Å²) in [7, 11) is 1.17. The van der Waals surface area contributed by atoms with Gasteiger partial charge in [-0.2, -0.15) is 13.2 Å². The average Bonchev–Trinajstić information content (AvgIpc) is 2.61. The molecular weight excluding hydrogens is 368 g/mol. The maximum absolute atomic E-state index is 14.1. The van der Waals surface area contributed by atoms with Crippen LogP contribution in [0.3, 0.4) is 0 Å². The topological polar surface area (TPSA) is 74.8 Å². The summed E-state index contributed by atoms with van der Waals surface area (Å²) in [6.07, 6.45) is -2.79. The van der Waals surface area contributed by atoms with Crippen molar-refractivity contribution in [3.63, 3.8) is 0 Å². The smallest absolute Gasteiger partial charge is 0.442 e. The minimum Gasteiger partial charge on any atom is -0.482 e. The van der Waals surface area contributed by atoms with Gasteiger partial charge in [0.2, 0.25) is 0 Å². The molecule has 1 fully saturated rings. The second-order valence-electron chi connectivity index (χ2n) is 6.43. The highest BCUT2D eigenvalue weighted by Crippen LogP contribution is 2.35. The molecule has 0 aliphatic carbocycles. The van der Waals surface area contributed by atoms with E-state index >= 15 is 0 Å². The fourth-order valence-electron chi connectivity index (χ4n) is 2.79. The Kier molecular flexibility index (Phi) is 4.85. The molecule has 0 aromatic heterocycles. The van der Waals surface area contributed by atoms with Crippen molar-refractivity contribution >= 4 is 17.8 Å². The first-order chi connectivity index (χ1) is 12.7. The molecule has 1 aromatic rings. The number of rotatable bonds is 5. The minimum absolute atomic E-state index is 0.137. The molecule has 146 valence electrons. The zero-order valence-corrected chi connectivity index (χ0v) is 14.4. The van der Waals surface area contributed by atoms with Crippen LogP contribution in [0.5, 0.6) is 0 Å². The summed E-state index contributed by atoms with van der Waals surface area (Å²) >= 11 is 0. The number of ether oxygens (including phenoxy) is 1. The molecule has 6 nitrogen and oxygen atoms in total. The maximum atomic E-state index is 14.1. The molecule has 0 spiro atoms. The SMILES string of the molecule is COC1=CC=NC(C(=O)Nc2ccc(CC3(F)CNC3)cc2)(C(F)(F)F)N1. The molecule has 10 heteroatoms. The van der Waals surface area contributed by atoms with Gasteiger partial charge in [-0.3, -0.25) is 4.79 Å². The van der Waals surface area contributed by atoms with Crippen molar-refractivity contribution in [2.75, 3.05) is 25.5 Å². The van der Waals surface area contributed by atoms with Gasteiger partial charge in [-0.05, 0) is 17.7 Å². The third kappa shape index (κ3) is 3.75. The fourth-order valence-corrected chi connectivity index (χ4v) is 2.79. The molecule has 27 heavy (non-hydrogen) atoms. The molecule has 2 aliphatic rings. The van der Waals surface area contributed by atoms with E-state index in [2.05, 4.69) is 15.6 Å². The minimum atomic E-state index is -5.01. The van der Waals surface area contributed by atoms with Crippen molar-refractivity contribution in [2.45, 2.75) is 23.9 Å². The summed E-state index contributed by atoms with van der Waals surface area (Å²) in [5, 5.41) is 7.03. The van der Waals surface area contributed by atoms with Crippen molar-refractivity contribution in [3.05, 3.63) is 41.8 Å². The number of halogens is 4. The summed E-state index contributed by atoms with van der Waals surface area (Å²) in [6.45, 7) is 0.525. The molecule has 1 atom stereocenters. The number of amides is 1. The molecule has 1 unspecified atom stereocenters. The number of allylic oxidation sites excluding steroid dienone is 1. The average molecular weight is 386 g/mol. The Bertz CT molecular complexity index is 772. The normalized spacial score (nSPS) is 23.7. The second kappa shape index (κ2) is 6.84. The number of carbonyl (C=O) groups is 1. The van der Waals surface area contributed by atoms with E-state index in [1.165, 1.54) is 25.3 Å². The van der Waals surface area contributed by atoms with Crippen LogP contribution in [0.2, 0.25) is 0 Å². The summed E-state index contributed by atoms with van der Waals surface area (Å²) in [4.78, 5) is 15.7. The van der Waals surface area contributed by atoms with Gasteiger partial charge in [0.25, 0.3) is 5.91 Å². The van der Waals surface area contributed by atoms with Gasteiger partial charge in [-0.25, -0.2) is 9.38 Å². The highest BCUT2D eigenvalue weighted by molar-refractivity contribution is 6.00. The van der Waals surface area contributed by atoms with Crippen LogP contribution in [0.15, 0.2) is 41.2 Å². The number of carbonyl (C=O) groups excluding carboxylic acids is 1. The van der Waals surface area contributed by atoms with Gasteiger partial charge < -0.3 is 20.7 Å². The lowest BCUT2D eigenvalue weighted by atomic mass is 9.91. The number of alkyl halides is 4. The number of hydrogen-bond acceptors (Lipinski definition) is 5. The molecule has 2 aliphatic heterocycles. The maximum Gasteiger partial charge on any atom is 0.442 e. The summed E-state index contributed by atoms with van der Waals surface area (Å²) < 4.78 is 59.6. The quantitative estimate of drug-likeness (QED) is 0.676. The lowest BCUT2D eigenvalue weighted by Crippen LogP contribution is -2.63. The molecule has 1 saturated heterocycles. The highest BCUT2D eigenvalue weighted by Gasteiger charge is 2.62. The Labute approximate surface area is 152 Å². The van der Waals surface area contributed by atoms with Crippen LogP contribution in [0.1, 0.15) is 5.56 Å². The Morgan fingerprint density at radius 1 is 1.30 bits per heavy atom. The zero-order valence-electron chi connectivity index (χ0n) is 14.4. The van der Waals surface area contributed by atoms with Gasteiger partial charge >= 0.3 is 11.8 Å². The van der Waals surface area contributed by atoms with Crippen LogP contribution in [0.4, 0.5) is 23.2 Å². The van der Waals surface area contributed by atoms with Crippen LogP contribution >= 0.6 is 0 Å². The number of hydrogen-bond donors (Lipinski definition) is 3. The predicted octanol–water partition coefficient (Wildman–Crippen LogP) is 1.90. The predicted molar refractivity (Wildman–Crippen MR) is 91.0 cm³/mol. The van der Waals surface area contributed by atoms with E-state index in [0.29, 0.717) is 5.56 Å². The first kappa shape index (κ1) is 19.2. The summed E-state index contributed by atoms with van der Waals surface area (Å²) in [5.41, 5.74) is -3.69. The van der Waals surface area contributed by atoms with Gasteiger partial charge in [-0.15, -0.1) is 0 Å². The Hall–Kier alpha value is -2.62. The van der Waals surface area contributed by atoms with Crippen molar-refractivity contribution in [1.82, 2.24) is 10.6 Å². The van der Waals surface area contributed by atoms with E-state index in [1.54, 1.807) is 12.1 Å². The van der Waals surface area contributed by atoms with E-state index in [4.69, 9.17) is 4.74 Å². The molecule has 1 amide bonds. The van der Waals surface area contributed by atoms with Crippen LogP contribution in [-0.4, -0.2) is 49.8 Å². The van der Waals surface area contributed by atoms with Crippen molar-refractivity contribution in [1.29, 1.82) is 0 Å². The van der Waals surface area contributed by atoms with E-state index in [0.717, 1.165) is 6.21 Å². The number of anilines is 1. The first-order valence-electron chi connectivity index (χ1n) is 8.12. The third-order valence-corrected chi connectivity index (χ3v) is 4.37. The van der Waals surface area contributed by atoms with Crippen LogP contribution in [0, 0.1) is 0 Å². The van der Waals surface area contributed by atoms with Gasteiger partial charge in [-0.1, -0.05) is 12.1 Å². The van der Waals surface area contributed by atoms with E-state index < -0.39 is 23.4 Å². The number of nitrogens with one attached hydrogen (secondary N) is 3. The Morgan fingerprint density at radius 2 is 1.96 bits per heavy atom. The number of methoxy groups -OCH3 is 1. The number of aliphatic imine (C=N–C) groups is 1. The standard InChI is InChI=1S/C17H18F4N4O2/c1-27-13-6-7-23-16(25-13,17(19,20)21)14(26)24-12-4-2-11(3-5-12)8-15(18)9-22-10-15/h2-7,22,25H,8-10H2,1H3,(H,24,26).